The molecule has 1 N–H and O–H groups in total. The normalized spacial score (nSPS) is 14.4. The molecule has 2 aromatic carbocycles. The van der Waals surface area contributed by atoms with Gasteiger partial charge in [-0.25, -0.2) is 8.42 Å². The first kappa shape index (κ1) is 19.7. The van der Waals surface area contributed by atoms with Gasteiger partial charge in [0.2, 0.25) is 15.9 Å². The summed E-state index contributed by atoms with van der Waals surface area (Å²) in [7, 11) is -3.54. The summed E-state index contributed by atoms with van der Waals surface area (Å²) in [6, 6.07) is 12.1. The Bertz CT molecular complexity index is 940. The van der Waals surface area contributed by atoms with Gasteiger partial charge in [-0.3, -0.25) is 9.52 Å². The van der Waals surface area contributed by atoms with Crippen molar-refractivity contribution in [2.75, 3.05) is 16.2 Å². The van der Waals surface area contributed by atoms with Crippen LogP contribution in [0.25, 0.3) is 0 Å². The predicted octanol–water partition coefficient (Wildman–Crippen LogP) is 4.22. The number of anilines is 2. The predicted molar refractivity (Wildman–Crippen MR) is 110 cm³/mol. The topological polar surface area (TPSA) is 66.5 Å². The lowest BCUT2D eigenvalue weighted by Crippen LogP contribution is -2.37. The maximum absolute atomic E-state index is 12.5. The molecule has 0 radical (unpaired) electrons. The Balaban J connectivity index is 1.78. The third kappa shape index (κ3) is 5.02. The minimum Gasteiger partial charge on any atom is -0.312 e. The van der Waals surface area contributed by atoms with Crippen molar-refractivity contribution >= 4 is 38.9 Å². The first-order chi connectivity index (χ1) is 12.7. The van der Waals surface area contributed by atoms with Crippen molar-refractivity contribution in [2.45, 2.75) is 32.4 Å². The molecule has 0 aromatic heterocycles. The highest BCUT2D eigenvalue weighted by molar-refractivity contribution is 7.91. The summed E-state index contributed by atoms with van der Waals surface area (Å²) in [5.74, 6) is 0.351. The molecule has 5 nitrogen and oxygen atoms in total. The van der Waals surface area contributed by atoms with E-state index in [0.29, 0.717) is 41.6 Å². The molecule has 7 heteroatoms. The molecule has 0 aliphatic carbocycles. The summed E-state index contributed by atoms with van der Waals surface area (Å²) >= 11 is 5.84. The summed E-state index contributed by atoms with van der Waals surface area (Å²) in [4.78, 5) is 14.0. The molecule has 144 valence electrons. The lowest BCUT2D eigenvalue weighted by atomic mass is 9.99. The van der Waals surface area contributed by atoms with E-state index < -0.39 is 10.0 Å². The second-order valence-corrected chi connectivity index (χ2v) is 9.39. The fourth-order valence-electron chi connectivity index (χ4n) is 3.20. The molecule has 1 heterocycles. The van der Waals surface area contributed by atoms with Gasteiger partial charge in [-0.05, 0) is 53.8 Å². The van der Waals surface area contributed by atoms with Crippen LogP contribution in [0.5, 0.6) is 0 Å². The fraction of sp³-hybridized carbons (Fsp3) is 0.350. The molecule has 0 bridgehead atoms. The van der Waals surface area contributed by atoms with Gasteiger partial charge in [0.15, 0.2) is 0 Å². The molecule has 1 amide bonds. The molecule has 0 saturated carbocycles. The maximum Gasteiger partial charge on any atom is 0.236 e. The zero-order valence-corrected chi connectivity index (χ0v) is 17.0. The second-order valence-electron chi connectivity index (χ2n) is 7.23. The number of carbonyl (C=O) groups is 1. The average molecular weight is 407 g/mol. The van der Waals surface area contributed by atoms with Gasteiger partial charge >= 0.3 is 0 Å². The zero-order valence-electron chi connectivity index (χ0n) is 15.4. The Labute approximate surface area is 165 Å². The highest BCUT2D eigenvalue weighted by atomic mass is 35.5. The smallest absolute Gasteiger partial charge is 0.236 e. The average Bonchev–Trinajstić information content (AvgIpc) is 2.58. The molecule has 3 rings (SSSR count). The summed E-state index contributed by atoms with van der Waals surface area (Å²) in [6.45, 7) is 4.80. The number of nitrogens with one attached hydrogen (secondary N) is 1. The van der Waals surface area contributed by atoms with E-state index in [-0.39, 0.29) is 11.7 Å². The Morgan fingerprint density at radius 1 is 1.11 bits per heavy atom. The van der Waals surface area contributed by atoms with Crippen molar-refractivity contribution in [3.63, 3.8) is 0 Å². The Hall–Kier alpha value is -2.05. The highest BCUT2D eigenvalue weighted by Gasteiger charge is 2.25. The summed E-state index contributed by atoms with van der Waals surface area (Å²) in [5, 5.41) is 0.569. The lowest BCUT2D eigenvalue weighted by molar-refractivity contribution is -0.119. The zero-order chi connectivity index (χ0) is 19.6. The number of amides is 1. The largest absolute Gasteiger partial charge is 0.312 e. The third-order valence-corrected chi connectivity index (χ3v) is 5.88. The van der Waals surface area contributed by atoms with E-state index in [1.165, 1.54) is 0 Å². The number of sulfonamides is 1. The first-order valence-corrected chi connectivity index (χ1v) is 10.9. The van der Waals surface area contributed by atoms with Gasteiger partial charge in [0.1, 0.15) is 0 Å². The standard InChI is InChI=1S/C20H23ClN2O3S/c1-14(2)12-23-19-9-8-18(11-16(19)5-10-20(23)24)22-27(25,26)13-15-3-6-17(21)7-4-15/h3-4,6-9,11,14,22H,5,10,12-13H2,1-2H3. The van der Waals surface area contributed by atoms with Gasteiger partial charge in [0.05, 0.1) is 5.75 Å². The summed E-state index contributed by atoms with van der Waals surface area (Å²) in [5.41, 5.74) is 3.04. The van der Waals surface area contributed by atoms with E-state index in [4.69, 9.17) is 11.6 Å². The molecule has 0 spiro atoms. The number of nitrogens with zero attached hydrogens (tertiary/aromatic N) is 1. The monoisotopic (exact) mass is 406 g/mol. The van der Waals surface area contributed by atoms with Gasteiger partial charge in [0.25, 0.3) is 0 Å². The van der Waals surface area contributed by atoms with Gasteiger partial charge in [-0.2, -0.15) is 0 Å². The Morgan fingerprint density at radius 3 is 2.48 bits per heavy atom. The maximum atomic E-state index is 12.5. The van der Waals surface area contributed by atoms with Crippen LogP contribution in [0, 0.1) is 5.92 Å². The van der Waals surface area contributed by atoms with Gasteiger partial charge < -0.3 is 4.90 Å². The molecule has 2 aromatic rings. The highest BCUT2D eigenvalue weighted by Crippen LogP contribution is 2.31. The van der Waals surface area contributed by atoms with Crippen molar-refractivity contribution in [3.8, 4) is 0 Å². The van der Waals surface area contributed by atoms with Crippen LogP contribution < -0.4 is 9.62 Å². The second kappa shape index (κ2) is 7.90. The molecule has 0 unspecified atom stereocenters. The van der Waals surface area contributed by atoms with Crippen LogP contribution in [0.4, 0.5) is 11.4 Å². The molecular formula is C20H23ClN2O3S. The number of rotatable bonds is 6. The van der Waals surface area contributed by atoms with Crippen molar-refractivity contribution < 1.29 is 13.2 Å². The van der Waals surface area contributed by atoms with Gasteiger partial charge in [-0.15, -0.1) is 0 Å². The van der Waals surface area contributed by atoms with Crippen LogP contribution in [0.1, 0.15) is 31.4 Å². The molecular weight excluding hydrogens is 384 g/mol. The summed E-state index contributed by atoms with van der Waals surface area (Å²) in [6.07, 6.45) is 1.07. The van der Waals surface area contributed by atoms with Crippen LogP contribution >= 0.6 is 11.6 Å². The minimum atomic E-state index is -3.54. The van der Waals surface area contributed by atoms with Crippen LogP contribution in [0.2, 0.25) is 5.02 Å². The van der Waals surface area contributed by atoms with E-state index >= 15 is 0 Å². The number of benzene rings is 2. The Kier molecular flexibility index (Phi) is 5.77. The summed E-state index contributed by atoms with van der Waals surface area (Å²) < 4.78 is 27.6. The van der Waals surface area contributed by atoms with E-state index in [9.17, 15) is 13.2 Å². The van der Waals surface area contributed by atoms with E-state index in [0.717, 1.165) is 11.3 Å². The number of hydrogen-bond donors (Lipinski definition) is 1. The lowest BCUT2D eigenvalue weighted by Gasteiger charge is -2.31. The van der Waals surface area contributed by atoms with Crippen molar-refractivity contribution in [3.05, 3.63) is 58.6 Å². The quantitative estimate of drug-likeness (QED) is 0.781. The number of carbonyl (C=O) groups excluding carboxylic acids is 1. The van der Waals surface area contributed by atoms with Crippen LogP contribution in [-0.2, 0) is 27.0 Å². The van der Waals surface area contributed by atoms with E-state index in [1.54, 1.807) is 35.2 Å². The number of hydrogen-bond acceptors (Lipinski definition) is 3. The number of halogens is 1. The molecule has 0 fully saturated rings. The van der Waals surface area contributed by atoms with Crippen molar-refractivity contribution in [2.24, 2.45) is 5.92 Å². The Morgan fingerprint density at radius 2 is 1.81 bits per heavy atom. The van der Waals surface area contributed by atoms with Gasteiger partial charge in [0, 0.05) is 29.4 Å². The van der Waals surface area contributed by atoms with E-state index in [1.807, 2.05) is 12.1 Å². The molecule has 27 heavy (non-hydrogen) atoms. The first-order valence-electron chi connectivity index (χ1n) is 8.92. The third-order valence-electron chi connectivity index (χ3n) is 4.37. The number of aryl methyl sites for hydroxylation is 1. The SMILES string of the molecule is CC(C)CN1C(=O)CCc2cc(NS(=O)(=O)Cc3ccc(Cl)cc3)ccc21. The molecule has 1 aliphatic heterocycles. The van der Waals surface area contributed by atoms with Gasteiger partial charge in [-0.1, -0.05) is 37.6 Å². The van der Waals surface area contributed by atoms with Crippen molar-refractivity contribution in [1.29, 1.82) is 0 Å². The minimum absolute atomic E-state index is 0.118. The van der Waals surface area contributed by atoms with Crippen LogP contribution in [0.15, 0.2) is 42.5 Å². The fourth-order valence-corrected chi connectivity index (χ4v) is 4.52. The molecule has 0 atom stereocenters. The number of fused-ring (bicyclic) bond motifs is 1. The molecule has 0 saturated heterocycles. The molecule has 1 aliphatic rings. The van der Waals surface area contributed by atoms with Crippen molar-refractivity contribution in [1.82, 2.24) is 0 Å². The van der Waals surface area contributed by atoms with Crippen LogP contribution in [-0.4, -0.2) is 20.9 Å². The van der Waals surface area contributed by atoms with Crippen LogP contribution in [0.3, 0.4) is 0 Å². The van der Waals surface area contributed by atoms with E-state index in [2.05, 4.69) is 18.6 Å².